The minimum Gasteiger partial charge on any atom is -0.379 e. The summed E-state index contributed by atoms with van der Waals surface area (Å²) in [6.07, 6.45) is 2.30. The lowest BCUT2D eigenvalue weighted by atomic mass is 10.0. The van der Waals surface area contributed by atoms with Gasteiger partial charge in [0.1, 0.15) is 5.82 Å². The minimum atomic E-state index is -0.166. The van der Waals surface area contributed by atoms with Gasteiger partial charge in [0.2, 0.25) is 0 Å². The normalized spacial score (nSPS) is 16.1. The Labute approximate surface area is 130 Å². The third kappa shape index (κ3) is 7.58. The Balaban J connectivity index is 0.000000713. The van der Waals surface area contributed by atoms with E-state index in [1.54, 1.807) is 12.1 Å². The molecule has 0 aromatic heterocycles. The van der Waals surface area contributed by atoms with Crippen molar-refractivity contribution >= 4 is 0 Å². The quantitative estimate of drug-likeness (QED) is 0.774. The molecule has 1 aromatic rings. The lowest BCUT2D eigenvalue weighted by Crippen LogP contribution is -2.38. The maximum atomic E-state index is 12.9. The van der Waals surface area contributed by atoms with E-state index in [1.807, 2.05) is 26.0 Å². The van der Waals surface area contributed by atoms with Crippen molar-refractivity contribution in [2.45, 2.75) is 53.5 Å². The van der Waals surface area contributed by atoms with Crippen molar-refractivity contribution in [3.05, 3.63) is 35.6 Å². The van der Waals surface area contributed by atoms with Crippen molar-refractivity contribution in [1.29, 1.82) is 0 Å². The van der Waals surface area contributed by atoms with Gasteiger partial charge in [0.25, 0.3) is 0 Å². The largest absolute Gasteiger partial charge is 0.379 e. The van der Waals surface area contributed by atoms with Crippen LogP contribution in [-0.4, -0.2) is 31.2 Å². The molecule has 1 aliphatic heterocycles. The number of rotatable bonds is 3. The first-order valence-electron chi connectivity index (χ1n) is 8.30. The van der Waals surface area contributed by atoms with E-state index in [1.165, 1.54) is 12.0 Å². The summed E-state index contributed by atoms with van der Waals surface area (Å²) < 4.78 is 18.2. The van der Waals surface area contributed by atoms with Crippen LogP contribution in [0.5, 0.6) is 0 Å². The maximum absolute atomic E-state index is 12.9. The van der Waals surface area contributed by atoms with Crippen molar-refractivity contribution in [3.8, 4) is 0 Å². The van der Waals surface area contributed by atoms with E-state index in [9.17, 15) is 4.39 Å². The number of halogens is 1. The first-order valence-corrected chi connectivity index (χ1v) is 8.30. The van der Waals surface area contributed by atoms with Crippen LogP contribution in [0.4, 0.5) is 4.39 Å². The summed E-state index contributed by atoms with van der Waals surface area (Å²) in [5.74, 6) is -0.166. The summed E-state index contributed by atoms with van der Waals surface area (Å²) in [6, 6.07) is 7.25. The molecule has 0 aliphatic carbocycles. The molecule has 0 saturated carbocycles. The molecule has 122 valence electrons. The first-order chi connectivity index (χ1) is 10.2. The zero-order valence-electron chi connectivity index (χ0n) is 14.4. The van der Waals surface area contributed by atoms with E-state index in [4.69, 9.17) is 4.74 Å². The zero-order chi connectivity index (χ0) is 16.1. The Kier molecular flexibility index (Phi) is 12.2. The molecule has 0 N–H and O–H groups in total. The predicted molar refractivity (Wildman–Crippen MR) is 89.1 cm³/mol. The van der Waals surface area contributed by atoms with Gasteiger partial charge in [0.05, 0.1) is 13.2 Å². The number of hydrogen-bond donors (Lipinski definition) is 0. The second-order valence-corrected chi connectivity index (χ2v) is 4.83. The highest BCUT2D eigenvalue weighted by atomic mass is 19.1. The zero-order valence-corrected chi connectivity index (χ0v) is 14.4. The van der Waals surface area contributed by atoms with Gasteiger partial charge in [-0.2, -0.15) is 0 Å². The van der Waals surface area contributed by atoms with E-state index < -0.39 is 0 Å². The summed E-state index contributed by atoms with van der Waals surface area (Å²) in [5, 5.41) is 0. The minimum absolute atomic E-state index is 0.166. The van der Waals surface area contributed by atoms with Crippen molar-refractivity contribution in [3.63, 3.8) is 0 Å². The highest BCUT2D eigenvalue weighted by molar-refractivity contribution is 5.20. The van der Waals surface area contributed by atoms with Gasteiger partial charge in [0.15, 0.2) is 0 Å². The standard InChI is InChI=1S/C13H18FNO.C3H8.C2H6/c1-2-13(15-7-9-16-10-8-15)11-3-5-12(14)6-4-11;1-3-2;1-2/h3-6,13H,2,7-10H2,1H3;3H2,1-2H3;1-2H3. The van der Waals surface area contributed by atoms with E-state index in [2.05, 4.69) is 25.7 Å². The fourth-order valence-corrected chi connectivity index (χ4v) is 2.28. The molecule has 1 saturated heterocycles. The molecule has 2 nitrogen and oxygen atoms in total. The molecule has 1 heterocycles. The fraction of sp³-hybridized carbons (Fsp3) is 0.667. The third-order valence-corrected chi connectivity index (χ3v) is 3.13. The Hall–Kier alpha value is -0.930. The van der Waals surface area contributed by atoms with E-state index in [0.717, 1.165) is 32.7 Å². The Morgan fingerprint density at radius 2 is 1.52 bits per heavy atom. The van der Waals surface area contributed by atoms with Gasteiger partial charge in [-0.1, -0.05) is 53.2 Å². The van der Waals surface area contributed by atoms with Crippen LogP contribution < -0.4 is 0 Å². The van der Waals surface area contributed by atoms with E-state index in [-0.39, 0.29) is 5.82 Å². The monoisotopic (exact) mass is 297 g/mol. The summed E-state index contributed by atoms with van der Waals surface area (Å²) in [5.41, 5.74) is 1.20. The van der Waals surface area contributed by atoms with Gasteiger partial charge in [-0.25, -0.2) is 4.39 Å². The number of benzene rings is 1. The summed E-state index contributed by atoms with van der Waals surface area (Å²) in [4.78, 5) is 2.41. The molecule has 1 unspecified atom stereocenters. The number of morpholine rings is 1. The Bertz CT molecular complexity index is 334. The molecule has 1 fully saturated rings. The summed E-state index contributed by atoms with van der Waals surface area (Å²) in [7, 11) is 0. The van der Waals surface area contributed by atoms with Crippen LogP contribution in [0, 0.1) is 5.82 Å². The molecule has 2 rings (SSSR count). The third-order valence-electron chi connectivity index (χ3n) is 3.13. The van der Waals surface area contributed by atoms with Crippen molar-refractivity contribution in [2.24, 2.45) is 0 Å². The van der Waals surface area contributed by atoms with Crippen LogP contribution >= 0.6 is 0 Å². The van der Waals surface area contributed by atoms with Crippen LogP contribution in [0.3, 0.4) is 0 Å². The van der Waals surface area contributed by atoms with Crippen LogP contribution in [0.15, 0.2) is 24.3 Å². The van der Waals surface area contributed by atoms with Crippen molar-refractivity contribution < 1.29 is 9.13 Å². The average molecular weight is 297 g/mol. The van der Waals surface area contributed by atoms with Gasteiger partial charge in [-0.3, -0.25) is 4.90 Å². The first kappa shape index (κ1) is 20.1. The highest BCUT2D eigenvalue weighted by Gasteiger charge is 2.20. The molecular weight excluding hydrogens is 265 g/mol. The molecule has 0 spiro atoms. The SMILES string of the molecule is CC.CCC.CCC(c1ccc(F)cc1)N1CCOCC1. The van der Waals surface area contributed by atoms with Crippen molar-refractivity contribution in [2.75, 3.05) is 26.3 Å². The van der Waals surface area contributed by atoms with E-state index in [0.29, 0.717) is 6.04 Å². The molecule has 21 heavy (non-hydrogen) atoms. The molecule has 1 aromatic carbocycles. The Morgan fingerprint density at radius 1 is 1.05 bits per heavy atom. The lowest BCUT2D eigenvalue weighted by molar-refractivity contribution is 0.0152. The molecular formula is C18H32FNO. The molecule has 1 atom stereocenters. The van der Waals surface area contributed by atoms with Crippen LogP contribution in [0.25, 0.3) is 0 Å². The fourth-order valence-electron chi connectivity index (χ4n) is 2.28. The summed E-state index contributed by atoms with van der Waals surface area (Å²) >= 11 is 0. The van der Waals surface area contributed by atoms with Gasteiger partial charge < -0.3 is 4.74 Å². The molecule has 1 aliphatic rings. The lowest BCUT2D eigenvalue weighted by Gasteiger charge is -2.34. The number of hydrogen-bond acceptors (Lipinski definition) is 2. The van der Waals surface area contributed by atoms with Gasteiger partial charge in [-0.15, -0.1) is 0 Å². The maximum Gasteiger partial charge on any atom is 0.123 e. The van der Waals surface area contributed by atoms with Crippen LogP contribution in [0.1, 0.15) is 59.1 Å². The van der Waals surface area contributed by atoms with Gasteiger partial charge in [-0.05, 0) is 24.1 Å². The Morgan fingerprint density at radius 3 is 1.95 bits per heavy atom. The van der Waals surface area contributed by atoms with E-state index >= 15 is 0 Å². The van der Waals surface area contributed by atoms with Crippen LogP contribution in [0.2, 0.25) is 0 Å². The molecule has 0 radical (unpaired) electrons. The molecule has 0 bridgehead atoms. The molecule has 0 amide bonds. The second kappa shape index (κ2) is 12.8. The van der Waals surface area contributed by atoms with Crippen LogP contribution in [-0.2, 0) is 4.74 Å². The topological polar surface area (TPSA) is 12.5 Å². The van der Waals surface area contributed by atoms with Gasteiger partial charge in [0, 0.05) is 19.1 Å². The second-order valence-electron chi connectivity index (χ2n) is 4.83. The van der Waals surface area contributed by atoms with Crippen molar-refractivity contribution in [1.82, 2.24) is 4.90 Å². The number of ether oxygens (including phenoxy) is 1. The highest BCUT2D eigenvalue weighted by Crippen LogP contribution is 2.24. The summed E-state index contributed by atoms with van der Waals surface area (Å²) in [6.45, 7) is 14.0. The average Bonchev–Trinajstić information content (AvgIpc) is 2.54. The number of nitrogens with zero attached hydrogens (tertiary/aromatic N) is 1. The smallest absolute Gasteiger partial charge is 0.123 e. The van der Waals surface area contributed by atoms with Gasteiger partial charge >= 0.3 is 0 Å². The predicted octanol–water partition coefficient (Wildman–Crippen LogP) is 5.05. The molecule has 3 heteroatoms.